The van der Waals surface area contributed by atoms with Gasteiger partial charge in [-0.05, 0) is 110 Å². The Bertz CT molecular complexity index is 2210. The minimum Gasteiger partial charge on any atom is -0.496 e. The number of carboxylic acids is 1. The Morgan fingerprint density at radius 1 is 1.00 bits per heavy atom. The number of nitrogens with zero attached hydrogens (tertiary/aromatic N) is 4. The van der Waals surface area contributed by atoms with Crippen LogP contribution in [0.3, 0.4) is 0 Å². The number of allylic oxidation sites excluding steroid dienone is 1. The van der Waals surface area contributed by atoms with Crippen molar-refractivity contribution in [2.24, 2.45) is 27.0 Å². The van der Waals surface area contributed by atoms with Crippen LogP contribution in [0.4, 0.5) is 10.9 Å². The molecule has 4 bridgehead atoms. The molecule has 0 spiro atoms. The Morgan fingerprint density at radius 2 is 1.75 bits per heavy atom. The minimum absolute atomic E-state index is 0.00875. The van der Waals surface area contributed by atoms with E-state index in [2.05, 4.69) is 29.6 Å². The van der Waals surface area contributed by atoms with Crippen LogP contribution in [0.5, 0.6) is 5.75 Å². The highest BCUT2D eigenvalue weighted by atomic mass is 32.1. The summed E-state index contributed by atoms with van der Waals surface area (Å²) in [5.74, 6) is -0.243. The van der Waals surface area contributed by atoms with Crippen molar-refractivity contribution in [3.63, 3.8) is 0 Å². The summed E-state index contributed by atoms with van der Waals surface area (Å²) in [7, 11) is 3.47. The molecule has 1 amide bonds. The van der Waals surface area contributed by atoms with Crippen molar-refractivity contribution in [1.82, 2.24) is 15.4 Å². The Kier molecular flexibility index (Phi) is 9.25. The van der Waals surface area contributed by atoms with E-state index in [1.54, 1.807) is 19.2 Å². The molecular formula is C42H49N7O5S. The van der Waals surface area contributed by atoms with Crippen molar-refractivity contribution in [3.8, 4) is 5.75 Å². The van der Waals surface area contributed by atoms with Gasteiger partial charge in [-0.3, -0.25) is 19.9 Å². The number of carbonyl (C=O) groups is 2. The van der Waals surface area contributed by atoms with E-state index >= 15 is 0 Å². The lowest BCUT2D eigenvalue weighted by atomic mass is 9.39. The Labute approximate surface area is 325 Å². The van der Waals surface area contributed by atoms with Gasteiger partial charge in [0.1, 0.15) is 11.6 Å². The molecule has 55 heavy (non-hydrogen) atoms. The normalized spacial score (nSPS) is 27.3. The number of methoxy groups -OCH3 is 1. The first-order valence-corrected chi connectivity index (χ1v) is 19.7. The maximum atomic E-state index is 13.7. The number of para-hydroxylation sites is 1. The number of hydroxylamine groups is 1. The number of carboxylic acid groups (broad SMARTS) is 1. The second-order valence-electron chi connectivity index (χ2n) is 16.9. The first-order valence-electron chi connectivity index (χ1n) is 18.9. The number of nitrogens with two attached hydrogens (primary N) is 1. The van der Waals surface area contributed by atoms with Gasteiger partial charge in [-0.25, -0.2) is 20.2 Å². The highest BCUT2D eigenvalue weighted by Crippen LogP contribution is 2.71. The molecule has 3 heterocycles. The van der Waals surface area contributed by atoms with Crippen LogP contribution in [0.2, 0.25) is 0 Å². The van der Waals surface area contributed by atoms with Gasteiger partial charge in [-0.15, -0.1) is 0 Å². The second kappa shape index (κ2) is 13.7. The molecule has 2 atom stereocenters. The van der Waals surface area contributed by atoms with E-state index in [-0.39, 0.29) is 33.4 Å². The zero-order valence-corrected chi connectivity index (χ0v) is 32.9. The third-order valence-electron chi connectivity index (χ3n) is 12.2. The average Bonchev–Trinajstić information content (AvgIpc) is 3.54. The number of hydrogen-bond acceptors (Lipinski definition) is 11. The van der Waals surface area contributed by atoms with Gasteiger partial charge in [0.2, 0.25) is 0 Å². The summed E-state index contributed by atoms with van der Waals surface area (Å²) in [6, 6.07) is 14.9. The van der Waals surface area contributed by atoms with Gasteiger partial charge in [0.05, 0.1) is 22.9 Å². The molecule has 0 saturated heterocycles. The van der Waals surface area contributed by atoms with E-state index in [0.29, 0.717) is 65.2 Å². The summed E-state index contributed by atoms with van der Waals surface area (Å²) in [6.07, 6.45) is 8.43. The van der Waals surface area contributed by atoms with Crippen molar-refractivity contribution in [1.29, 1.82) is 0 Å². The molecule has 5 N–H and O–H groups in total. The molecule has 4 aliphatic carbocycles. The number of benzene rings is 2. The van der Waals surface area contributed by atoms with E-state index in [9.17, 15) is 14.7 Å². The summed E-state index contributed by atoms with van der Waals surface area (Å²) in [6.45, 7) is 8.20. The first kappa shape index (κ1) is 37.1. The van der Waals surface area contributed by atoms with E-state index in [4.69, 9.17) is 25.3 Å². The number of aromatic nitrogens is 2. The third-order valence-corrected chi connectivity index (χ3v) is 13.2. The predicted molar refractivity (Wildman–Crippen MR) is 216 cm³/mol. The number of thiazole rings is 1. The third kappa shape index (κ3) is 6.76. The number of anilines is 2. The summed E-state index contributed by atoms with van der Waals surface area (Å²) < 4.78 is 6.68. The van der Waals surface area contributed by atoms with Crippen molar-refractivity contribution in [3.05, 3.63) is 82.7 Å². The fourth-order valence-electron chi connectivity index (χ4n) is 11.4. The van der Waals surface area contributed by atoms with Gasteiger partial charge in [0.15, 0.2) is 10.8 Å². The molecule has 12 nitrogen and oxygen atoms in total. The van der Waals surface area contributed by atoms with Crippen LogP contribution in [0.1, 0.15) is 96.8 Å². The average molecular weight is 764 g/mol. The second-order valence-corrected chi connectivity index (χ2v) is 17.9. The zero-order chi connectivity index (χ0) is 38.8. The molecule has 288 valence electrons. The van der Waals surface area contributed by atoms with Crippen LogP contribution < -0.4 is 26.2 Å². The van der Waals surface area contributed by atoms with Crippen LogP contribution in [0.25, 0.3) is 15.8 Å². The quantitative estimate of drug-likeness (QED) is 0.0904. The molecule has 9 rings (SSSR count). The number of pyridine rings is 1. The maximum Gasteiger partial charge on any atom is 0.355 e. The van der Waals surface area contributed by atoms with Gasteiger partial charge in [-0.2, -0.15) is 0 Å². The van der Waals surface area contributed by atoms with E-state index in [1.165, 1.54) is 24.0 Å². The molecule has 4 saturated carbocycles. The molecule has 4 aromatic rings. The highest BCUT2D eigenvalue weighted by Gasteiger charge is 2.66. The summed E-state index contributed by atoms with van der Waals surface area (Å²) >= 11 is 1.42. The number of aromatic carboxylic acids is 1. The molecule has 0 radical (unpaired) electrons. The van der Waals surface area contributed by atoms with Crippen LogP contribution in [-0.2, 0) is 17.8 Å². The number of rotatable bonds is 11. The first-order chi connectivity index (χ1) is 26.3. The van der Waals surface area contributed by atoms with Gasteiger partial charge in [-0.1, -0.05) is 37.3 Å². The molecule has 5 aliphatic rings. The zero-order valence-electron chi connectivity index (χ0n) is 32.1. The standard InChI is InChI=1S/C42H49N7O5S/c1-25(45-24-41-19-39(2)18-40(3,20-41)22-42(21-39,23-41)54-44-4)29(16-43)27-11-13-34(47-35(27)37(51)52)49-15-14-26-30(17-49)28(10-12-32(26)53-5)36(50)48-38-46-31-8-6-7-9-33(31)55-38/h6-13,16,44H,14-15,17-24,43H2,1-5H3,(H,51,52)(H,46,48,50). The largest absolute Gasteiger partial charge is 0.496 e. The molecule has 13 heteroatoms. The van der Waals surface area contributed by atoms with Crippen molar-refractivity contribution < 1.29 is 24.3 Å². The lowest BCUT2D eigenvalue weighted by molar-refractivity contribution is -0.259. The summed E-state index contributed by atoms with van der Waals surface area (Å²) in [5, 5.41) is 14.0. The molecule has 2 aromatic carbocycles. The van der Waals surface area contributed by atoms with Crippen molar-refractivity contribution >= 4 is 55.7 Å². The molecular weight excluding hydrogens is 715 g/mol. The highest BCUT2D eigenvalue weighted by molar-refractivity contribution is 7.22. The van der Waals surface area contributed by atoms with Crippen LogP contribution in [0.15, 0.2) is 59.7 Å². The number of hydrogen-bond donors (Lipinski definition) is 4. The summed E-state index contributed by atoms with van der Waals surface area (Å²) in [4.78, 5) is 49.3. The fourth-order valence-corrected chi connectivity index (χ4v) is 12.3. The lowest BCUT2D eigenvalue weighted by Crippen LogP contribution is -2.65. The van der Waals surface area contributed by atoms with E-state index < -0.39 is 5.97 Å². The maximum absolute atomic E-state index is 13.7. The molecule has 4 fully saturated rings. The Morgan fingerprint density at radius 3 is 2.44 bits per heavy atom. The smallest absolute Gasteiger partial charge is 0.355 e. The lowest BCUT2D eigenvalue weighted by Gasteiger charge is -2.68. The van der Waals surface area contributed by atoms with Crippen LogP contribution in [-0.4, -0.2) is 65.5 Å². The van der Waals surface area contributed by atoms with Crippen molar-refractivity contribution in [2.75, 3.05) is 37.5 Å². The number of fused-ring (bicyclic) bond motifs is 2. The number of nitrogens with one attached hydrogen (secondary N) is 2. The fraction of sp³-hybridized carbons (Fsp3) is 0.452. The van der Waals surface area contributed by atoms with Crippen LogP contribution in [0, 0.1) is 16.2 Å². The summed E-state index contributed by atoms with van der Waals surface area (Å²) in [5.41, 5.74) is 14.0. The topological polar surface area (TPSA) is 164 Å². The minimum atomic E-state index is -1.16. The Hall–Kier alpha value is -4.85. The predicted octanol–water partition coefficient (Wildman–Crippen LogP) is 7.24. The number of aliphatic imine (C=N–C) groups is 1. The molecule has 2 unspecified atom stereocenters. The molecule has 2 aromatic heterocycles. The van der Waals surface area contributed by atoms with Crippen LogP contribution >= 0.6 is 11.3 Å². The Balaban J connectivity index is 1.05. The number of ether oxygens (including phenoxy) is 1. The van der Waals surface area contributed by atoms with Gasteiger partial charge < -0.3 is 20.5 Å². The van der Waals surface area contributed by atoms with Crippen molar-refractivity contribution in [2.45, 2.75) is 77.9 Å². The SMILES string of the molecule is CNOC12CC3(C)CC(C)(CC(CN=C(C)C(=CN)c4ccc(N5CCc6c(OC)ccc(C(=O)Nc7nc8ccccc8s7)c6C5)nc4C(=O)O)(C3)C1)C2. The van der Waals surface area contributed by atoms with E-state index in [1.807, 2.05) is 55.3 Å². The number of carbonyl (C=O) groups excluding carboxylic acids is 1. The van der Waals surface area contributed by atoms with Gasteiger partial charge in [0, 0.05) is 60.9 Å². The van der Waals surface area contributed by atoms with Gasteiger partial charge >= 0.3 is 5.97 Å². The number of amides is 1. The molecule has 1 aliphatic heterocycles. The monoisotopic (exact) mass is 763 g/mol. The van der Waals surface area contributed by atoms with Gasteiger partial charge in [0.25, 0.3) is 5.91 Å². The van der Waals surface area contributed by atoms with E-state index in [0.717, 1.165) is 53.4 Å².